The van der Waals surface area contributed by atoms with Gasteiger partial charge in [-0.15, -0.1) is 0 Å². The summed E-state index contributed by atoms with van der Waals surface area (Å²) in [5.74, 6) is 1.60. The van der Waals surface area contributed by atoms with E-state index in [2.05, 4.69) is 10.1 Å². The Kier molecular flexibility index (Phi) is 5.32. The second-order valence-corrected chi connectivity index (χ2v) is 6.82. The van der Waals surface area contributed by atoms with Crippen LogP contribution in [-0.2, 0) is 11.2 Å². The largest absolute Gasteiger partial charge is 0.484 e. The number of benzene rings is 2. The molecular weight excluding hydrogens is 361 g/mol. The van der Waals surface area contributed by atoms with Crippen molar-refractivity contribution in [2.45, 2.75) is 12.8 Å². The van der Waals surface area contributed by atoms with Crippen LogP contribution in [0.25, 0.3) is 11.5 Å². The van der Waals surface area contributed by atoms with Crippen LogP contribution in [0.4, 0.5) is 4.39 Å². The number of para-hydroxylation sites is 1. The molecule has 0 spiro atoms. The molecule has 1 saturated heterocycles. The zero-order chi connectivity index (χ0) is 19.3. The van der Waals surface area contributed by atoms with Gasteiger partial charge in [0.05, 0.1) is 0 Å². The Morgan fingerprint density at radius 2 is 1.96 bits per heavy atom. The van der Waals surface area contributed by atoms with Crippen LogP contribution in [0.5, 0.6) is 5.75 Å². The molecule has 1 aromatic heterocycles. The molecule has 3 aromatic rings. The molecule has 144 valence electrons. The monoisotopic (exact) mass is 381 g/mol. The molecule has 1 fully saturated rings. The van der Waals surface area contributed by atoms with E-state index in [1.807, 2.05) is 35.2 Å². The van der Waals surface area contributed by atoms with Crippen LogP contribution in [0, 0.1) is 11.7 Å². The van der Waals surface area contributed by atoms with E-state index in [0.29, 0.717) is 42.5 Å². The first kappa shape index (κ1) is 18.2. The molecule has 1 aliphatic heterocycles. The number of carbonyl (C=O) groups excluding carboxylic acids is 1. The predicted octanol–water partition coefficient (Wildman–Crippen LogP) is 3.35. The van der Waals surface area contributed by atoms with Crippen molar-refractivity contribution < 1.29 is 18.4 Å². The van der Waals surface area contributed by atoms with Crippen molar-refractivity contribution in [1.29, 1.82) is 0 Å². The lowest BCUT2D eigenvalue weighted by Crippen LogP contribution is -2.33. The molecular formula is C21H20FN3O3. The average Bonchev–Trinajstić information content (AvgIpc) is 3.38. The molecule has 1 amide bonds. The summed E-state index contributed by atoms with van der Waals surface area (Å²) in [6.07, 6.45) is 1.52. The number of nitrogens with zero attached hydrogens (tertiary/aromatic N) is 3. The van der Waals surface area contributed by atoms with Gasteiger partial charge in [0.1, 0.15) is 11.6 Å². The summed E-state index contributed by atoms with van der Waals surface area (Å²) in [5.41, 5.74) is 0.682. The van der Waals surface area contributed by atoms with Crippen molar-refractivity contribution in [2.24, 2.45) is 5.92 Å². The highest BCUT2D eigenvalue weighted by Crippen LogP contribution is 2.22. The number of hydrogen-bond acceptors (Lipinski definition) is 5. The number of amides is 1. The predicted molar refractivity (Wildman–Crippen MR) is 100 cm³/mol. The van der Waals surface area contributed by atoms with Gasteiger partial charge in [0.2, 0.25) is 0 Å². The Labute approximate surface area is 161 Å². The zero-order valence-electron chi connectivity index (χ0n) is 15.3. The van der Waals surface area contributed by atoms with Crippen LogP contribution >= 0.6 is 0 Å². The normalized spacial score (nSPS) is 16.3. The molecule has 0 saturated carbocycles. The van der Waals surface area contributed by atoms with Crippen LogP contribution in [0.15, 0.2) is 59.1 Å². The third-order valence-corrected chi connectivity index (χ3v) is 4.77. The molecule has 28 heavy (non-hydrogen) atoms. The van der Waals surface area contributed by atoms with Crippen molar-refractivity contribution in [3.63, 3.8) is 0 Å². The zero-order valence-corrected chi connectivity index (χ0v) is 15.3. The summed E-state index contributed by atoms with van der Waals surface area (Å²) < 4.78 is 23.8. The van der Waals surface area contributed by atoms with Gasteiger partial charge in [-0.1, -0.05) is 23.4 Å². The summed E-state index contributed by atoms with van der Waals surface area (Å²) in [6.45, 7) is 1.38. The first-order valence-electron chi connectivity index (χ1n) is 9.21. The molecule has 1 atom stereocenters. The van der Waals surface area contributed by atoms with Crippen LogP contribution in [0.1, 0.15) is 12.2 Å². The van der Waals surface area contributed by atoms with Crippen molar-refractivity contribution in [2.75, 3.05) is 19.7 Å². The Bertz CT molecular complexity index is 928. The van der Waals surface area contributed by atoms with Gasteiger partial charge in [-0.25, -0.2) is 4.39 Å². The van der Waals surface area contributed by atoms with Crippen LogP contribution in [-0.4, -0.2) is 40.6 Å². The van der Waals surface area contributed by atoms with Gasteiger partial charge in [-0.3, -0.25) is 4.79 Å². The topological polar surface area (TPSA) is 68.5 Å². The molecule has 0 radical (unpaired) electrons. The first-order chi connectivity index (χ1) is 13.7. The average molecular weight is 381 g/mol. The Morgan fingerprint density at radius 1 is 1.18 bits per heavy atom. The number of aromatic nitrogens is 2. The molecule has 0 bridgehead atoms. The van der Waals surface area contributed by atoms with Crippen molar-refractivity contribution in [1.82, 2.24) is 15.0 Å². The lowest BCUT2D eigenvalue weighted by molar-refractivity contribution is -0.132. The standard InChI is InChI=1S/C21H20FN3O3/c22-17-8-6-16(7-9-17)21-23-19(24-28-21)12-15-10-11-25(13-15)20(26)14-27-18-4-2-1-3-5-18/h1-9,15H,10-14H2. The number of ether oxygens (including phenoxy) is 1. The smallest absolute Gasteiger partial charge is 0.260 e. The van der Waals surface area contributed by atoms with E-state index in [1.165, 1.54) is 12.1 Å². The van der Waals surface area contributed by atoms with E-state index in [-0.39, 0.29) is 24.2 Å². The second kappa shape index (κ2) is 8.21. The molecule has 7 heteroatoms. The fraction of sp³-hybridized carbons (Fsp3) is 0.286. The van der Waals surface area contributed by atoms with Crippen molar-refractivity contribution in [3.8, 4) is 17.2 Å². The van der Waals surface area contributed by atoms with Gasteiger partial charge >= 0.3 is 0 Å². The maximum Gasteiger partial charge on any atom is 0.260 e. The molecule has 2 aromatic carbocycles. The van der Waals surface area contributed by atoms with Crippen LogP contribution in [0.2, 0.25) is 0 Å². The van der Waals surface area contributed by atoms with Crippen molar-refractivity contribution in [3.05, 3.63) is 66.2 Å². The summed E-state index contributed by atoms with van der Waals surface area (Å²) in [7, 11) is 0. The fourth-order valence-electron chi connectivity index (χ4n) is 3.28. The van der Waals surface area contributed by atoms with Crippen LogP contribution < -0.4 is 4.74 Å². The molecule has 0 aliphatic carbocycles. The Morgan fingerprint density at radius 3 is 2.75 bits per heavy atom. The maximum absolute atomic E-state index is 13.0. The Hall–Kier alpha value is -3.22. The van der Waals surface area contributed by atoms with E-state index in [9.17, 15) is 9.18 Å². The van der Waals surface area contributed by atoms with E-state index in [0.717, 1.165) is 6.42 Å². The third-order valence-electron chi connectivity index (χ3n) is 4.77. The van der Waals surface area contributed by atoms with Crippen LogP contribution in [0.3, 0.4) is 0 Å². The minimum Gasteiger partial charge on any atom is -0.484 e. The molecule has 6 nitrogen and oxygen atoms in total. The number of hydrogen-bond donors (Lipinski definition) is 0. The number of halogens is 1. The van der Waals surface area contributed by atoms with Gasteiger partial charge in [0.25, 0.3) is 11.8 Å². The molecule has 4 rings (SSSR count). The number of rotatable bonds is 6. The molecule has 2 heterocycles. The third kappa shape index (κ3) is 4.36. The maximum atomic E-state index is 13.0. The summed E-state index contributed by atoms with van der Waals surface area (Å²) in [4.78, 5) is 18.6. The van der Waals surface area contributed by atoms with Crippen molar-refractivity contribution >= 4 is 5.91 Å². The summed E-state index contributed by atoms with van der Waals surface area (Å²) in [6, 6.07) is 15.2. The highest BCUT2D eigenvalue weighted by molar-refractivity contribution is 5.78. The van der Waals surface area contributed by atoms with E-state index >= 15 is 0 Å². The Balaban J connectivity index is 1.29. The highest BCUT2D eigenvalue weighted by Gasteiger charge is 2.28. The van der Waals surface area contributed by atoms with Gasteiger partial charge in [-0.05, 0) is 48.7 Å². The molecule has 1 unspecified atom stereocenters. The molecule has 1 aliphatic rings. The minimum atomic E-state index is -0.310. The van der Waals surface area contributed by atoms with Gasteiger partial charge in [-0.2, -0.15) is 4.98 Å². The van der Waals surface area contributed by atoms with E-state index < -0.39 is 0 Å². The first-order valence-corrected chi connectivity index (χ1v) is 9.21. The second-order valence-electron chi connectivity index (χ2n) is 6.82. The van der Waals surface area contributed by atoms with Gasteiger partial charge < -0.3 is 14.2 Å². The SMILES string of the molecule is O=C(COc1ccccc1)N1CCC(Cc2noc(-c3ccc(F)cc3)n2)C1. The van der Waals surface area contributed by atoms with E-state index in [1.54, 1.807) is 12.1 Å². The fourth-order valence-corrected chi connectivity index (χ4v) is 3.28. The number of carbonyl (C=O) groups is 1. The molecule has 0 N–H and O–H groups in total. The summed E-state index contributed by atoms with van der Waals surface area (Å²) >= 11 is 0. The lowest BCUT2D eigenvalue weighted by atomic mass is 10.1. The minimum absolute atomic E-state index is 0.0218. The van der Waals surface area contributed by atoms with Gasteiger partial charge in [0.15, 0.2) is 12.4 Å². The number of likely N-dealkylation sites (tertiary alicyclic amines) is 1. The van der Waals surface area contributed by atoms with E-state index in [4.69, 9.17) is 9.26 Å². The summed E-state index contributed by atoms with van der Waals surface area (Å²) in [5, 5.41) is 4.02. The van der Waals surface area contributed by atoms with Gasteiger partial charge in [0, 0.05) is 25.1 Å². The highest BCUT2D eigenvalue weighted by atomic mass is 19.1. The quantitative estimate of drug-likeness (QED) is 0.655. The lowest BCUT2D eigenvalue weighted by Gasteiger charge is -2.16.